The highest BCUT2D eigenvalue weighted by molar-refractivity contribution is 7.91. The first-order chi connectivity index (χ1) is 9.94. The number of nitrogens with zero attached hydrogens (tertiary/aromatic N) is 2. The van der Waals surface area contributed by atoms with E-state index in [1.165, 1.54) is 12.4 Å². The minimum Gasteiger partial charge on any atom is -0.310 e. The van der Waals surface area contributed by atoms with Crippen LogP contribution in [-0.2, 0) is 16.6 Å². The zero-order chi connectivity index (χ0) is 15.5. The van der Waals surface area contributed by atoms with E-state index in [9.17, 15) is 18.5 Å². The van der Waals surface area contributed by atoms with Gasteiger partial charge in [-0.2, -0.15) is 0 Å². The monoisotopic (exact) mass is 329 g/mol. The van der Waals surface area contributed by atoms with Gasteiger partial charge in [-0.15, -0.1) is 0 Å². The second kappa shape index (κ2) is 6.13. The molecule has 11 heteroatoms. The number of nitrogens with one attached hydrogen (secondary N) is 2. The number of pyridine rings is 1. The van der Waals surface area contributed by atoms with Crippen molar-refractivity contribution in [3.8, 4) is 0 Å². The van der Waals surface area contributed by atoms with Gasteiger partial charge in [0.05, 0.1) is 4.92 Å². The van der Waals surface area contributed by atoms with Crippen LogP contribution in [0.5, 0.6) is 0 Å². The fourth-order valence-corrected chi connectivity index (χ4v) is 3.78. The number of hydrogen-bond donors (Lipinski definition) is 3. The molecule has 0 amide bonds. The molecular weight excluding hydrogens is 318 g/mol. The van der Waals surface area contributed by atoms with Gasteiger partial charge in [0.1, 0.15) is 4.21 Å². The molecule has 0 aliphatic carbocycles. The van der Waals surface area contributed by atoms with E-state index in [0.29, 0.717) is 11.3 Å². The van der Waals surface area contributed by atoms with Crippen molar-refractivity contribution in [2.45, 2.75) is 10.8 Å². The van der Waals surface area contributed by atoms with Crippen LogP contribution in [0.3, 0.4) is 0 Å². The molecule has 2 aromatic rings. The number of thiophene rings is 1. The lowest BCUT2D eigenvalue weighted by Crippen LogP contribution is -2.22. The largest absolute Gasteiger partial charge is 0.310 e. The maximum absolute atomic E-state index is 12.1. The molecule has 0 unspecified atom stereocenters. The van der Waals surface area contributed by atoms with Crippen molar-refractivity contribution in [2.24, 2.45) is 5.84 Å². The third-order valence-corrected chi connectivity index (χ3v) is 5.43. The Morgan fingerprint density at radius 1 is 1.38 bits per heavy atom. The maximum atomic E-state index is 12.1. The van der Waals surface area contributed by atoms with Gasteiger partial charge in [-0.3, -0.25) is 15.1 Å². The number of hydrogen-bond acceptors (Lipinski definition) is 8. The normalized spacial score (nSPS) is 11.3. The van der Waals surface area contributed by atoms with E-state index in [0.717, 1.165) is 11.6 Å². The van der Waals surface area contributed by atoms with Gasteiger partial charge in [-0.25, -0.2) is 19.0 Å². The summed E-state index contributed by atoms with van der Waals surface area (Å²) in [6.07, 6.45) is 3.08. The SMILES string of the molecule is NNc1sc(S(=O)(=O)NCc2ccncc2)cc1[N+](=O)[O-]. The lowest BCUT2D eigenvalue weighted by molar-refractivity contribution is -0.383. The maximum Gasteiger partial charge on any atom is 0.306 e. The van der Waals surface area contributed by atoms with Crippen molar-refractivity contribution < 1.29 is 13.3 Å². The van der Waals surface area contributed by atoms with Crippen molar-refractivity contribution in [2.75, 3.05) is 5.43 Å². The van der Waals surface area contributed by atoms with Gasteiger partial charge in [0, 0.05) is 25.0 Å². The van der Waals surface area contributed by atoms with Gasteiger partial charge in [-0.05, 0) is 17.7 Å². The molecule has 0 fully saturated rings. The Labute approximate surface area is 124 Å². The molecule has 2 heterocycles. The Balaban J connectivity index is 2.22. The van der Waals surface area contributed by atoms with Gasteiger partial charge in [0.2, 0.25) is 0 Å². The second-order valence-corrected chi connectivity index (χ2v) is 6.91. The number of anilines is 1. The van der Waals surface area contributed by atoms with E-state index in [1.807, 2.05) is 0 Å². The van der Waals surface area contributed by atoms with Crippen molar-refractivity contribution in [3.63, 3.8) is 0 Å². The first kappa shape index (κ1) is 15.3. The zero-order valence-corrected chi connectivity index (χ0v) is 12.1. The summed E-state index contributed by atoms with van der Waals surface area (Å²) in [6, 6.07) is 4.28. The summed E-state index contributed by atoms with van der Waals surface area (Å²) < 4.78 is 26.4. The molecule has 0 saturated heterocycles. The number of sulfonamides is 1. The lowest BCUT2D eigenvalue weighted by atomic mass is 10.3. The fourth-order valence-electron chi connectivity index (χ4n) is 1.48. The third kappa shape index (κ3) is 3.52. The number of rotatable bonds is 6. The van der Waals surface area contributed by atoms with Crippen molar-refractivity contribution in [3.05, 3.63) is 46.3 Å². The molecule has 0 spiro atoms. The molecule has 0 bridgehead atoms. The predicted octanol–water partition coefficient (Wildman–Crippen LogP) is 0.815. The van der Waals surface area contributed by atoms with Crippen molar-refractivity contribution in [1.29, 1.82) is 0 Å². The number of nitrogens with two attached hydrogens (primary N) is 1. The van der Waals surface area contributed by atoms with E-state index in [1.54, 1.807) is 12.1 Å². The zero-order valence-electron chi connectivity index (χ0n) is 10.5. The Kier molecular flexibility index (Phi) is 4.47. The molecule has 0 radical (unpaired) electrons. The van der Waals surface area contributed by atoms with Gasteiger partial charge in [-0.1, -0.05) is 11.3 Å². The molecule has 0 atom stereocenters. The van der Waals surface area contributed by atoms with Crippen LogP contribution in [-0.4, -0.2) is 18.3 Å². The van der Waals surface area contributed by atoms with Gasteiger partial charge in [0.15, 0.2) is 5.00 Å². The molecule has 0 saturated carbocycles. The highest BCUT2D eigenvalue weighted by Crippen LogP contribution is 2.36. The summed E-state index contributed by atoms with van der Waals surface area (Å²) >= 11 is 0.689. The van der Waals surface area contributed by atoms with E-state index < -0.39 is 14.9 Å². The van der Waals surface area contributed by atoms with Gasteiger partial charge >= 0.3 is 5.69 Å². The molecule has 112 valence electrons. The van der Waals surface area contributed by atoms with Crippen molar-refractivity contribution >= 4 is 32.0 Å². The van der Waals surface area contributed by atoms with Crippen LogP contribution in [0.25, 0.3) is 0 Å². The van der Waals surface area contributed by atoms with E-state index >= 15 is 0 Å². The first-order valence-electron chi connectivity index (χ1n) is 5.57. The third-order valence-electron chi connectivity index (χ3n) is 2.50. The van der Waals surface area contributed by atoms with Crippen LogP contribution in [0.15, 0.2) is 34.8 Å². The van der Waals surface area contributed by atoms with E-state index in [4.69, 9.17) is 5.84 Å². The van der Waals surface area contributed by atoms with Crippen LogP contribution in [0, 0.1) is 10.1 Å². The Bertz CT molecular complexity index is 744. The molecule has 9 nitrogen and oxygen atoms in total. The number of hydrazine groups is 1. The lowest BCUT2D eigenvalue weighted by Gasteiger charge is -2.03. The molecule has 4 N–H and O–H groups in total. The Hall–Kier alpha value is -2.08. The molecule has 21 heavy (non-hydrogen) atoms. The van der Waals surface area contributed by atoms with E-state index in [2.05, 4.69) is 15.1 Å². The van der Waals surface area contributed by atoms with Crippen LogP contribution in [0.2, 0.25) is 0 Å². The molecule has 2 aromatic heterocycles. The Morgan fingerprint density at radius 2 is 2.05 bits per heavy atom. The quantitative estimate of drug-likeness (QED) is 0.404. The summed E-state index contributed by atoms with van der Waals surface area (Å²) in [5, 5.41) is 10.8. The van der Waals surface area contributed by atoms with Crippen LogP contribution >= 0.6 is 11.3 Å². The van der Waals surface area contributed by atoms with Crippen LogP contribution < -0.4 is 16.0 Å². The average molecular weight is 329 g/mol. The molecular formula is C10H11N5O4S2. The molecule has 2 rings (SSSR count). The summed E-state index contributed by atoms with van der Waals surface area (Å²) in [5.41, 5.74) is 2.46. The van der Waals surface area contributed by atoms with E-state index in [-0.39, 0.29) is 21.4 Å². The first-order valence-corrected chi connectivity index (χ1v) is 7.87. The fraction of sp³-hybridized carbons (Fsp3) is 0.100. The summed E-state index contributed by atoms with van der Waals surface area (Å²) in [4.78, 5) is 13.9. The topological polar surface area (TPSA) is 140 Å². The smallest absolute Gasteiger partial charge is 0.306 e. The number of nitrogen functional groups attached to an aromatic ring is 1. The molecule has 0 aliphatic rings. The summed E-state index contributed by atoms with van der Waals surface area (Å²) in [7, 11) is -3.86. The highest BCUT2D eigenvalue weighted by Gasteiger charge is 2.25. The standard InChI is InChI=1S/C10H11N5O4S2/c11-14-10-8(15(16)17)5-9(20-10)21(18,19)13-6-7-1-3-12-4-2-7/h1-5,13-14H,6,11H2. The highest BCUT2D eigenvalue weighted by atomic mass is 32.2. The Morgan fingerprint density at radius 3 is 2.57 bits per heavy atom. The minimum atomic E-state index is -3.86. The van der Waals surface area contributed by atoms with Crippen molar-refractivity contribution in [1.82, 2.24) is 9.71 Å². The average Bonchev–Trinajstić information content (AvgIpc) is 2.92. The molecule has 0 aliphatic heterocycles. The molecule has 0 aromatic carbocycles. The minimum absolute atomic E-state index is 0.0238. The summed E-state index contributed by atoms with van der Waals surface area (Å²) in [5.74, 6) is 5.14. The predicted molar refractivity (Wildman–Crippen MR) is 77.0 cm³/mol. The summed E-state index contributed by atoms with van der Waals surface area (Å²) in [6.45, 7) is 0.0575. The van der Waals surface area contributed by atoms with Crippen LogP contribution in [0.4, 0.5) is 10.7 Å². The second-order valence-electron chi connectivity index (χ2n) is 3.86. The number of nitro groups is 1. The van der Waals surface area contributed by atoms with Gasteiger partial charge < -0.3 is 5.43 Å². The van der Waals surface area contributed by atoms with Gasteiger partial charge in [0.25, 0.3) is 10.0 Å². The number of aromatic nitrogens is 1. The van der Waals surface area contributed by atoms with Crippen LogP contribution in [0.1, 0.15) is 5.56 Å².